The van der Waals surface area contributed by atoms with Gasteiger partial charge in [0.2, 0.25) is 0 Å². The average Bonchev–Trinajstić information content (AvgIpc) is 2.32. The summed E-state index contributed by atoms with van der Waals surface area (Å²) in [4.78, 5) is 0. The first kappa shape index (κ1) is 14.2. The predicted octanol–water partition coefficient (Wildman–Crippen LogP) is 4.31. The molecule has 0 aliphatic rings. The zero-order chi connectivity index (χ0) is 13.1. The van der Waals surface area contributed by atoms with E-state index in [0.717, 1.165) is 14.7 Å². The average molecular weight is 468 g/mol. The lowest BCUT2D eigenvalue weighted by Crippen LogP contribution is -2.04. The van der Waals surface area contributed by atoms with Gasteiger partial charge >= 0.3 is 0 Å². The number of aliphatic hydroxyl groups is 1. The van der Waals surface area contributed by atoms with E-state index < -0.39 is 6.10 Å². The summed E-state index contributed by atoms with van der Waals surface area (Å²) in [6.45, 7) is 0. The minimum absolute atomic E-state index is 0.274. The van der Waals surface area contributed by atoms with Crippen LogP contribution in [0.5, 0.6) is 0 Å². The van der Waals surface area contributed by atoms with Crippen LogP contribution in [0.1, 0.15) is 17.2 Å². The van der Waals surface area contributed by atoms with Crippen molar-refractivity contribution in [2.75, 3.05) is 0 Å². The van der Waals surface area contributed by atoms with Gasteiger partial charge in [-0.25, -0.2) is 4.39 Å². The fourth-order valence-corrected chi connectivity index (χ4v) is 2.92. The lowest BCUT2D eigenvalue weighted by Gasteiger charge is -2.13. The molecule has 0 radical (unpaired) electrons. The molecule has 2 aromatic carbocycles. The molecular weight excluding hydrogens is 457 g/mol. The van der Waals surface area contributed by atoms with Crippen LogP contribution in [0, 0.1) is 13.0 Å². The van der Waals surface area contributed by atoms with Gasteiger partial charge in [-0.3, -0.25) is 0 Å². The number of rotatable bonds is 3. The molecule has 1 unspecified atom stereocenters. The Bertz CT molecular complexity index is 540. The number of aliphatic hydroxyl groups excluding tert-OH is 1. The van der Waals surface area contributed by atoms with Gasteiger partial charge in [0, 0.05) is 13.6 Å². The highest BCUT2D eigenvalue weighted by atomic mass is 127. The summed E-state index contributed by atoms with van der Waals surface area (Å²) in [6.07, 6.45) is -0.0592. The minimum Gasteiger partial charge on any atom is -0.388 e. The van der Waals surface area contributed by atoms with E-state index in [9.17, 15) is 9.50 Å². The minimum atomic E-state index is -0.599. The molecule has 2 rings (SSSR count). The number of hydrogen-bond donors (Lipinski definition) is 1. The molecule has 0 bridgehead atoms. The third-order valence-electron chi connectivity index (χ3n) is 2.66. The summed E-state index contributed by atoms with van der Waals surface area (Å²) in [7, 11) is 0. The lowest BCUT2D eigenvalue weighted by molar-refractivity contribution is 0.177. The van der Waals surface area contributed by atoms with Crippen molar-refractivity contribution >= 4 is 45.2 Å². The van der Waals surface area contributed by atoms with Gasteiger partial charge in [0.15, 0.2) is 0 Å². The second-order valence-corrected chi connectivity index (χ2v) is 6.42. The molecule has 0 saturated heterocycles. The Hall–Kier alpha value is -0.210. The zero-order valence-electron chi connectivity index (χ0n) is 9.41. The largest absolute Gasteiger partial charge is 0.388 e. The molecule has 0 heterocycles. The third-order valence-corrected chi connectivity index (χ3v) is 4.32. The van der Waals surface area contributed by atoms with Crippen LogP contribution in [0.2, 0.25) is 0 Å². The molecule has 0 spiro atoms. The highest BCUT2D eigenvalue weighted by molar-refractivity contribution is 14.1. The van der Waals surface area contributed by atoms with Crippen molar-refractivity contribution in [1.29, 1.82) is 0 Å². The summed E-state index contributed by atoms with van der Waals surface area (Å²) < 4.78 is 14.9. The summed E-state index contributed by atoms with van der Waals surface area (Å²) in [5.41, 5.74) is 1.85. The molecule has 2 aromatic rings. The molecule has 0 fully saturated rings. The maximum atomic E-state index is 13.0. The molecule has 4 heteroatoms. The maximum absolute atomic E-state index is 13.0. The summed E-state index contributed by atoms with van der Waals surface area (Å²) in [6, 6.07) is 12.5. The predicted molar refractivity (Wildman–Crippen MR) is 86.9 cm³/mol. The fraction of sp³-hybridized carbons (Fsp3) is 0.143. The Kier molecular flexibility index (Phi) is 4.97. The van der Waals surface area contributed by atoms with E-state index in [1.807, 2.05) is 46.9 Å². The Morgan fingerprint density at radius 1 is 1.06 bits per heavy atom. The first-order chi connectivity index (χ1) is 8.56. The van der Waals surface area contributed by atoms with E-state index >= 15 is 0 Å². The smallest absolute Gasteiger partial charge is 0.124 e. The molecule has 0 aliphatic carbocycles. The van der Waals surface area contributed by atoms with Crippen LogP contribution in [-0.2, 0) is 6.42 Å². The maximum Gasteiger partial charge on any atom is 0.124 e. The normalized spacial score (nSPS) is 12.4. The van der Waals surface area contributed by atoms with Crippen LogP contribution in [-0.4, -0.2) is 5.11 Å². The van der Waals surface area contributed by atoms with Crippen molar-refractivity contribution in [3.63, 3.8) is 0 Å². The Morgan fingerprint density at radius 3 is 2.33 bits per heavy atom. The summed E-state index contributed by atoms with van der Waals surface area (Å²) in [5, 5.41) is 10.2. The zero-order valence-corrected chi connectivity index (χ0v) is 13.7. The Balaban J connectivity index is 2.16. The van der Waals surface area contributed by atoms with Gasteiger partial charge in [-0.05, 0) is 80.6 Å². The van der Waals surface area contributed by atoms with Gasteiger partial charge in [0.25, 0.3) is 0 Å². The van der Waals surface area contributed by atoms with Gasteiger partial charge in [-0.15, -0.1) is 0 Å². The molecule has 18 heavy (non-hydrogen) atoms. The van der Waals surface area contributed by atoms with Crippen molar-refractivity contribution < 1.29 is 9.50 Å². The third kappa shape index (κ3) is 3.64. The lowest BCUT2D eigenvalue weighted by atomic mass is 10.0. The second kappa shape index (κ2) is 6.29. The first-order valence-corrected chi connectivity index (χ1v) is 7.59. The van der Waals surface area contributed by atoms with E-state index in [1.54, 1.807) is 6.07 Å². The molecule has 1 N–H and O–H groups in total. The number of halogens is 3. The molecule has 1 nitrogen and oxygen atoms in total. The van der Waals surface area contributed by atoms with E-state index in [2.05, 4.69) is 22.6 Å². The van der Waals surface area contributed by atoms with Gasteiger partial charge in [-0.1, -0.05) is 18.2 Å². The SMILES string of the molecule is OC(Cc1ccc(I)cc1)c1ccc(F)cc1I. The van der Waals surface area contributed by atoms with Crippen molar-refractivity contribution in [1.82, 2.24) is 0 Å². The van der Waals surface area contributed by atoms with E-state index in [4.69, 9.17) is 0 Å². The number of benzene rings is 2. The number of hydrogen-bond acceptors (Lipinski definition) is 1. The standard InChI is InChI=1S/C14H11FI2O/c15-10-3-6-12(13(17)8-10)14(18)7-9-1-4-11(16)5-2-9/h1-6,8,14,18H,7H2. The van der Waals surface area contributed by atoms with Gasteiger partial charge in [0.05, 0.1) is 6.10 Å². The van der Waals surface area contributed by atoms with Gasteiger partial charge in [0.1, 0.15) is 5.82 Å². The van der Waals surface area contributed by atoms with Crippen molar-refractivity contribution in [3.8, 4) is 0 Å². The van der Waals surface area contributed by atoms with Gasteiger partial charge < -0.3 is 5.11 Å². The molecule has 94 valence electrons. The van der Waals surface area contributed by atoms with Crippen molar-refractivity contribution in [2.45, 2.75) is 12.5 Å². The molecule has 0 amide bonds. The van der Waals surface area contributed by atoms with Crippen LogP contribution in [0.3, 0.4) is 0 Å². The van der Waals surface area contributed by atoms with Crippen LogP contribution < -0.4 is 0 Å². The first-order valence-electron chi connectivity index (χ1n) is 5.44. The van der Waals surface area contributed by atoms with Crippen molar-refractivity contribution in [3.05, 3.63) is 66.5 Å². The molecule has 0 aliphatic heterocycles. The fourth-order valence-electron chi connectivity index (χ4n) is 1.73. The highest BCUT2D eigenvalue weighted by Crippen LogP contribution is 2.24. The molecule has 0 aromatic heterocycles. The molecule has 0 saturated carbocycles. The van der Waals surface area contributed by atoms with Crippen molar-refractivity contribution in [2.24, 2.45) is 0 Å². The van der Waals surface area contributed by atoms with E-state index in [0.29, 0.717) is 6.42 Å². The molecule has 1 atom stereocenters. The van der Waals surface area contributed by atoms with Crippen LogP contribution in [0.15, 0.2) is 42.5 Å². The van der Waals surface area contributed by atoms with E-state index in [1.165, 1.54) is 15.7 Å². The summed E-state index contributed by atoms with van der Waals surface area (Å²) in [5.74, 6) is -0.274. The van der Waals surface area contributed by atoms with E-state index in [-0.39, 0.29) is 5.82 Å². The topological polar surface area (TPSA) is 20.2 Å². The summed E-state index contributed by atoms with van der Waals surface area (Å²) >= 11 is 4.29. The van der Waals surface area contributed by atoms with Crippen LogP contribution in [0.25, 0.3) is 0 Å². The van der Waals surface area contributed by atoms with Crippen LogP contribution in [0.4, 0.5) is 4.39 Å². The second-order valence-electron chi connectivity index (χ2n) is 4.01. The monoisotopic (exact) mass is 468 g/mol. The quantitative estimate of drug-likeness (QED) is 0.667. The highest BCUT2D eigenvalue weighted by Gasteiger charge is 2.12. The van der Waals surface area contributed by atoms with Gasteiger partial charge in [-0.2, -0.15) is 0 Å². The Labute approximate surface area is 133 Å². The van der Waals surface area contributed by atoms with Crippen LogP contribution >= 0.6 is 45.2 Å². The Morgan fingerprint density at radius 2 is 1.72 bits per heavy atom. The molecular formula is C14H11FI2O.